The second-order valence-corrected chi connectivity index (χ2v) is 15.6. The van der Waals surface area contributed by atoms with Crippen molar-refractivity contribution in [2.75, 3.05) is 19.6 Å². The van der Waals surface area contributed by atoms with Crippen molar-refractivity contribution in [2.45, 2.75) is 74.9 Å². The fourth-order valence-electron chi connectivity index (χ4n) is 7.03. The Bertz CT molecular complexity index is 1700. The predicted molar refractivity (Wildman–Crippen MR) is 179 cm³/mol. The lowest BCUT2D eigenvalue weighted by Crippen LogP contribution is -2.58. The van der Waals surface area contributed by atoms with E-state index in [1.807, 2.05) is 22.9 Å². The summed E-state index contributed by atoms with van der Waals surface area (Å²) in [6.45, 7) is 0.741. The molecular weight excluding hydrogens is 659 g/mol. The Labute approximate surface area is 285 Å². The van der Waals surface area contributed by atoms with Gasteiger partial charge in [0.1, 0.15) is 18.3 Å². The summed E-state index contributed by atoms with van der Waals surface area (Å²) in [7, 11) is -4.01. The minimum Gasteiger partial charge on any atom is -0.340 e. The number of halogens is 2. The van der Waals surface area contributed by atoms with Crippen molar-refractivity contribution in [3.63, 3.8) is 0 Å². The van der Waals surface area contributed by atoms with E-state index in [4.69, 9.17) is 11.6 Å². The topological polar surface area (TPSA) is 133 Å². The van der Waals surface area contributed by atoms with E-state index in [0.717, 1.165) is 30.4 Å². The van der Waals surface area contributed by atoms with Crippen molar-refractivity contribution in [3.05, 3.63) is 71.3 Å². The molecule has 48 heavy (non-hydrogen) atoms. The molecule has 2 N–H and O–H groups in total. The lowest BCUT2D eigenvalue weighted by Gasteiger charge is -2.30. The first-order valence-corrected chi connectivity index (χ1v) is 18.6. The molecule has 13 heteroatoms. The largest absolute Gasteiger partial charge is 0.340 e. The van der Waals surface area contributed by atoms with Gasteiger partial charge in [0.05, 0.1) is 5.25 Å². The number of amides is 4. The zero-order valence-electron chi connectivity index (χ0n) is 26.5. The molecule has 0 aromatic heterocycles. The molecule has 3 heterocycles. The number of hydrogen-bond acceptors (Lipinski definition) is 6. The molecule has 1 saturated carbocycles. The van der Waals surface area contributed by atoms with Crippen molar-refractivity contribution in [2.24, 2.45) is 11.8 Å². The average molecular weight is 699 g/mol. The molecule has 4 amide bonds. The Balaban J connectivity index is 1.24. The highest BCUT2D eigenvalue weighted by molar-refractivity contribution is 7.90. The van der Waals surface area contributed by atoms with Gasteiger partial charge in [0.15, 0.2) is 0 Å². The van der Waals surface area contributed by atoms with Gasteiger partial charge in [-0.15, -0.1) is 0 Å². The van der Waals surface area contributed by atoms with Crippen LogP contribution in [0.15, 0.2) is 60.7 Å². The molecule has 5 atom stereocenters. The van der Waals surface area contributed by atoms with Crippen LogP contribution < -0.4 is 10.0 Å². The molecule has 10 nitrogen and oxygen atoms in total. The first-order valence-electron chi connectivity index (χ1n) is 16.6. The molecule has 0 spiro atoms. The number of fused-ring (bicyclic) bond motifs is 3. The Morgan fingerprint density at radius 1 is 0.938 bits per heavy atom. The Morgan fingerprint density at radius 2 is 1.69 bits per heavy atom. The van der Waals surface area contributed by atoms with E-state index >= 15 is 4.39 Å². The lowest BCUT2D eigenvalue weighted by molar-refractivity contribution is -0.140. The van der Waals surface area contributed by atoms with Gasteiger partial charge < -0.3 is 15.1 Å². The SMILES string of the molecule is O=C(NS(=O)(=O)C1CC1)C1NC(=O)[C@@H]2[C@H]3CN(C(=O)c4cccc(-c5ccc(Cl)cc5)c4)C[C@H]3CN2C(=O)CCCCCC/C=C\[C@@H]1F. The maximum Gasteiger partial charge on any atom is 0.259 e. The van der Waals surface area contributed by atoms with Crippen LogP contribution in [0.5, 0.6) is 0 Å². The molecule has 2 aromatic carbocycles. The van der Waals surface area contributed by atoms with E-state index in [2.05, 4.69) is 5.32 Å². The van der Waals surface area contributed by atoms with Crippen molar-refractivity contribution < 1.29 is 32.0 Å². The molecule has 6 rings (SSSR count). The van der Waals surface area contributed by atoms with Gasteiger partial charge in [-0.2, -0.15) is 0 Å². The van der Waals surface area contributed by atoms with E-state index in [1.165, 1.54) is 11.0 Å². The van der Waals surface area contributed by atoms with Crippen LogP contribution >= 0.6 is 11.6 Å². The van der Waals surface area contributed by atoms with E-state index in [9.17, 15) is 27.6 Å². The van der Waals surface area contributed by atoms with Crippen molar-refractivity contribution in [3.8, 4) is 11.1 Å². The van der Waals surface area contributed by atoms with Crippen LogP contribution in [0.25, 0.3) is 11.1 Å². The minimum atomic E-state index is -4.01. The summed E-state index contributed by atoms with van der Waals surface area (Å²) >= 11 is 6.04. The highest BCUT2D eigenvalue weighted by atomic mass is 35.5. The van der Waals surface area contributed by atoms with Gasteiger partial charge in [0.2, 0.25) is 21.8 Å². The number of sulfonamides is 1. The number of rotatable bonds is 5. The van der Waals surface area contributed by atoms with E-state index in [1.54, 1.807) is 41.3 Å². The summed E-state index contributed by atoms with van der Waals surface area (Å²) in [6, 6.07) is 11.7. The summed E-state index contributed by atoms with van der Waals surface area (Å²) in [5, 5.41) is 2.37. The number of nitrogens with zero attached hydrogens (tertiary/aromatic N) is 2. The number of hydrogen-bond donors (Lipinski definition) is 2. The zero-order valence-corrected chi connectivity index (χ0v) is 28.1. The smallest absolute Gasteiger partial charge is 0.259 e. The zero-order chi connectivity index (χ0) is 34.0. The Kier molecular flexibility index (Phi) is 10.2. The number of benzene rings is 2. The van der Waals surface area contributed by atoms with E-state index < -0.39 is 51.3 Å². The molecule has 2 saturated heterocycles. The summed E-state index contributed by atoms with van der Waals surface area (Å²) < 4.78 is 42.7. The van der Waals surface area contributed by atoms with Crippen molar-refractivity contribution in [1.82, 2.24) is 19.8 Å². The normalized spacial score (nSPS) is 27.7. The number of carbonyl (C=O) groups excluding carboxylic acids is 4. The molecule has 256 valence electrons. The highest BCUT2D eigenvalue weighted by Crippen LogP contribution is 2.38. The molecule has 3 fully saturated rings. The molecule has 3 aliphatic heterocycles. The third-order valence-corrected chi connectivity index (χ3v) is 11.9. The highest BCUT2D eigenvalue weighted by Gasteiger charge is 2.53. The third-order valence-electron chi connectivity index (χ3n) is 9.76. The van der Waals surface area contributed by atoms with Crippen LogP contribution in [0.1, 0.15) is 61.7 Å². The van der Waals surface area contributed by atoms with E-state index in [-0.39, 0.29) is 37.2 Å². The molecular formula is C35H40ClFN4O6S. The number of likely N-dealkylation sites (tertiary alicyclic amines) is 1. The van der Waals surface area contributed by atoms with Crippen LogP contribution in [0, 0.1) is 11.8 Å². The standard InChI is InChI=1S/C35H40ClFN4O6S/c36-26-14-12-22(13-15-26)23-8-7-9-24(18-23)35(45)40-19-25-20-41-30(42)11-6-4-2-1-3-5-10-29(37)31(38-34(44)32(41)28(25)21-40)33(43)39-48(46,47)27-16-17-27/h5,7-10,12-15,18,25,27-29,31-32H,1-4,6,11,16-17,19-21H2,(H,38,44)(H,39,43)/b10-5-/t25-,28-,29-,31?,32-/m0/s1. The first-order chi connectivity index (χ1) is 23.0. The molecule has 1 unspecified atom stereocenters. The predicted octanol–water partition coefficient (Wildman–Crippen LogP) is 4.25. The quantitative estimate of drug-likeness (QED) is 0.449. The maximum atomic E-state index is 15.6. The number of alkyl halides is 1. The molecule has 2 aromatic rings. The average Bonchev–Trinajstić information content (AvgIpc) is 3.77. The van der Waals surface area contributed by atoms with Crippen LogP contribution in [-0.4, -0.2) is 85.0 Å². The van der Waals surface area contributed by atoms with Crippen LogP contribution in [-0.2, 0) is 24.4 Å². The fraction of sp³-hybridized carbons (Fsp3) is 0.486. The van der Waals surface area contributed by atoms with Gasteiger partial charge in [0.25, 0.3) is 11.8 Å². The number of nitrogens with one attached hydrogen (secondary N) is 2. The molecule has 4 aliphatic rings. The summed E-state index contributed by atoms with van der Waals surface area (Å²) in [6.07, 6.45) is 5.42. The molecule has 0 radical (unpaired) electrons. The van der Waals surface area contributed by atoms with Crippen molar-refractivity contribution in [1.29, 1.82) is 0 Å². The lowest BCUT2D eigenvalue weighted by atomic mass is 9.93. The van der Waals surface area contributed by atoms with Gasteiger partial charge >= 0.3 is 0 Å². The molecule has 0 bridgehead atoms. The summed E-state index contributed by atoms with van der Waals surface area (Å²) in [4.78, 5) is 57.7. The van der Waals surface area contributed by atoms with Gasteiger partial charge in [-0.3, -0.25) is 23.9 Å². The maximum absolute atomic E-state index is 15.6. The summed E-state index contributed by atoms with van der Waals surface area (Å²) in [5.41, 5.74) is 2.22. The van der Waals surface area contributed by atoms with Crippen LogP contribution in [0.4, 0.5) is 4.39 Å². The van der Waals surface area contributed by atoms with Gasteiger partial charge in [-0.05, 0) is 67.5 Å². The second-order valence-electron chi connectivity index (χ2n) is 13.2. The first kappa shape index (κ1) is 34.1. The minimum absolute atomic E-state index is 0.183. The number of carbonyl (C=O) groups is 4. The third kappa shape index (κ3) is 7.59. The van der Waals surface area contributed by atoms with Gasteiger partial charge in [-0.1, -0.05) is 60.9 Å². The van der Waals surface area contributed by atoms with Crippen LogP contribution in [0.3, 0.4) is 0 Å². The van der Waals surface area contributed by atoms with Gasteiger partial charge in [0, 0.05) is 48.5 Å². The molecule has 1 aliphatic carbocycles. The second kappa shape index (κ2) is 14.4. The van der Waals surface area contributed by atoms with E-state index in [0.29, 0.717) is 42.8 Å². The monoisotopic (exact) mass is 698 g/mol. The summed E-state index contributed by atoms with van der Waals surface area (Å²) in [5.74, 6) is -3.00. The van der Waals surface area contributed by atoms with Crippen LogP contribution in [0.2, 0.25) is 5.02 Å². The van der Waals surface area contributed by atoms with Crippen molar-refractivity contribution >= 4 is 45.3 Å². The number of allylic oxidation sites excluding steroid dienone is 1. The Hall–Kier alpha value is -3.77. The fourth-order valence-corrected chi connectivity index (χ4v) is 8.48. The van der Waals surface area contributed by atoms with Gasteiger partial charge in [-0.25, -0.2) is 12.8 Å². The Morgan fingerprint density at radius 3 is 2.44 bits per heavy atom.